The lowest BCUT2D eigenvalue weighted by atomic mass is 10.1. The summed E-state index contributed by atoms with van der Waals surface area (Å²) in [6, 6.07) is 12.5. The molecule has 0 N–H and O–H groups in total. The van der Waals surface area contributed by atoms with Gasteiger partial charge in [-0.2, -0.15) is 0 Å². The standard InChI is InChI=1S/C16H15Cl2NO2S/c1-11-8-13-4-2-3-5-16(13)19(11)22(20,21)10-12-6-7-14(17)15(18)9-12/h2-7,9,11H,8,10H2,1H3/t11-/m0/s1. The van der Waals surface area contributed by atoms with Crippen molar-refractivity contribution in [1.29, 1.82) is 0 Å². The molecule has 3 rings (SSSR count). The molecule has 0 spiro atoms. The molecule has 1 aliphatic rings. The highest BCUT2D eigenvalue weighted by molar-refractivity contribution is 7.92. The van der Waals surface area contributed by atoms with Gasteiger partial charge in [-0.1, -0.05) is 47.5 Å². The zero-order valence-electron chi connectivity index (χ0n) is 12.0. The van der Waals surface area contributed by atoms with Crippen LogP contribution in [0.5, 0.6) is 0 Å². The fourth-order valence-electron chi connectivity index (χ4n) is 2.87. The van der Waals surface area contributed by atoms with Crippen LogP contribution in [-0.2, 0) is 22.2 Å². The van der Waals surface area contributed by atoms with E-state index < -0.39 is 10.0 Å². The third kappa shape index (κ3) is 2.83. The van der Waals surface area contributed by atoms with E-state index in [2.05, 4.69) is 0 Å². The third-order valence-corrected chi connectivity index (χ3v) is 6.37. The fraction of sp³-hybridized carbons (Fsp3) is 0.250. The quantitative estimate of drug-likeness (QED) is 0.823. The van der Waals surface area contributed by atoms with Crippen LogP contribution in [0.4, 0.5) is 5.69 Å². The van der Waals surface area contributed by atoms with Crippen LogP contribution in [0.2, 0.25) is 10.0 Å². The van der Waals surface area contributed by atoms with Crippen molar-refractivity contribution >= 4 is 38.9 Å². The number of fused-ring (bicyclic) bond motifs is 1. The number of sulfonamides is 1. The van der Waals surface area contributed by atoms with Crippen molar-refractivity contribution in [3.8, 4) is 0 Å². The molecule has 0 fully saturated rings. The molecule has 3 nitrogen and oxygen atoms in total. The van der Waals surface area contributed by atoms with Gasteiger partial charge in [-0.3, -0.25) is 4.31 Å². The van der Waals surface area contributed by atoms with Gasteiger partial charge in [0.05, 0.1) is 21.5 Å². The Morgan fingerprint density at radius 3 is 2.59 bits per heavy atom. The third-order valence-electron chi connectivity index (χ3n) is 3.78. The topological polar surface area (TPSA) is 37.4 Å². The van der Waals surface area contributed by atoms with Gasteiger partial charge in [-0.25, -0.2) is 8.42 Å². The van der Waals surface area contributed by atoms with Crippen molar-refractivity contribution in [2.24, 2.45) is 0 Å². The minimum atomic E-state index is -3.47. The number of hydrogen-bond acceptors (Lipinski definition) is 2. The molecule has 0 amide bonds. The van der Waals surface area contributed by atoms with Crippen molar-refractivity contribution in [2.75, 3.05) is 4.31 Å². The van der Waals surface area contributed by atoms with Gasteiger partial charge in [0.1, 0.15) is 0 Å². The lowest BCUT2D eigenvalue weighted by Gasteiger charge is -2.24. The van der Waals surface area contributed by atoms with Crippen LogP contribution in [0.1, 0.15) is 18.1 Å². The van der Waals surface area contributed by atoms with E-state index in [9.17, 15) is 8.42 Å². The molecule has 22 heavy (non-hydrogen) atoms. The number of rotatable bonds is 3. The summed E-state index contributed by atoms with van der Waals surface area (Å²) in [5.74, 6) is -0.0947. The molecule has 1 aliphatic heterocycles. The monoisotopic (exact) mass is 355 g/mol. The zero-order chi connectivity index (χ0) is 15.9. The number of anilines is 1. The van der Waals surface area contributed by atoms with Crippen LogP contribution in [0, 0.1) is 0 Å². The summed E-state index contributed by atoms with van der Waals surface area (Å²) >= 11 is 11.8. The van der Waals surface area contributed by atoms with E-state index in [4.69, 9.17) is 23.2 Å². The largest absolute Gasteiger partial charge is 0.267 e. The minimum Gasteiger partial charge on any atom is -0.267 e. The van der Waals surface area contributed by atoms with Gasteiger partial charge in [0, 0.05) is 6.04 Å². The first-order valence-corrected chi connectivity index (χ1v) is 9.29. The van der Waals surface area contributed by atoms with E-state index in [1.807, 2.05) is 31.2 Å². The van der Waals surface area contributed by atoms with E-state index in [1.54, 1.807) is 18.2 Å². The van der Waals surface area contributed by atoms with E-state index in [1.165, 1.54) is 4.31 Å². The Balaban J connectivity index is 1.95. The molecule has 1 atom stereocenters. The van der Waals surface area contributed by atoms with Crippen molar-refractivity contribution in [2.45, 2.75) is 25.1 Å². The molecule has 0 aliphatic carbocycles. The summed E-state index contributed by atoms with van der Waals surface area (Å²) in [7, 11) is -3.47. The maximum absolute atomic E-state index is 12.8. The second-order valence-electron chi connectivity index (χ2n) is 5.48. The Labute approximate surface area is 140 Å². The van der Waals surface area contributed by atoms with Crippen LogP contribution in [0.25, 0.3) is 0 Å². The van der Waals surface area contributed by atoms with Gasteiger partial charge in [0.15, 0.2) is 0 Å². The van der Waals surface area contributed by atoms with E-state index in [-0.39, 0.29) is 11.8 Å². The smallest absolute Gasteiger partial charge is 0.239 e. The SMILES string of the molecule is C[C@H]1Cc2ccccc2N1S(=O)(=O)Cc1ccc(Cl)c(Cl)c1. The molecule has 2 aromatic carbocycles. The van der Waals surface area contributed by atoms with Gasteiger partial charge in [0.25, 0.3) is 0 Å². The minimum absolute atomic E-state index is 0.0785. The average molecular weight is 356 g/mol. The van der Waals surface area contributed by atoms with Gasteiger partial charge in [-0.05, 0) is 42.7 Å². The summed E-state index contributed by atoms with van der Waals surface area (Å²) in [6.07, 6.45) is 0.733. The van der Waals surface area contributed by atoms with Crippen LogP contribution >= 0.6 is 23.2 Å². The lowest BCUT2D eigenvalue weighted by molar-refractivity contribution is 0.583. The van der Waals surface area contributed by atoms with Crippen LogP contribution in [-0.4, -0.2) is 14.5 Å². The second-order valence-corrected chi connectivity index (χ2v) is 8.14. The van der Waals surface area contributed by atoms with E-state index >= 15 is 0 Å². The second kappa shape index (κ2) is 5.76. The van der Waals surface area contributed by atoms with Crippen molar-refractivity contribution in [1.82, 2.24) is 0 Å². The fourth-order valence-corrected chi connectivity index (χ4v) is 5.03. The molecule has 0 bridgehead atoms. The maximum atomic E-state index is 12.8. The normalized spacial score (nSPS) is 17.6. The highest BCUT2D eigenvalue weighted by atomic mass is 35.5. The molecule has 0 saturated carbocycles. The Morgan fingerprint density at radius 1 is 1.14 bits per heavy atom. The van der Waals surface area contributed by atoms with Gasteiger partial charge < -0.3 is 0 Å². The number of nitrogens with zero attached hydrogens (tertiary/aromatic N) is 1. The summed E-state index contributed by atoms with van der Waals surface area (Å²) in [6.45, 7) is 1.92. The number of hydrogen-bond donors (Lipinski definition) is 0. The van der Waals surface area contributed by atoms with Gasteiger partial charge >= 0.3 is 0 Å². The molecular weight excluding hydrogens is 341 g/mol. The first-order valence-electron chi connectivity index (χ1n) is 6.92. The summed E-state index contributed by atoms with van der Waals surface area (Å²) in [5, 5.41) is 0.784. The molecule has 2 aromatic rings. The van der Waals surface area contributed by atoms with Crippen molar-refractivity contribution in [3.63, 3.8) is 0 Å². The molecule has 6 heteroatoms. The predicted molar refractivity (Wildman–Crippen MR) is 91.2 cm³/mol. The van der Waals surface area contributed by atoms with Crippen LogP contribution in [0.3, 0.4) is 0 Å². The summed E-state index contributed by atoms with van der Waals surface area (Å²) in [4.78, 5) is 0. The molecule has 0 saturated heterocycles. The molecule has 1 heterocycles. The molecular formula is C16H15Cl2NO2S. The van der Waals surface area contributed by atoms with Gasteiger partial charge in [0.2, 0.25) is 10.0 Å². The first-order chi connectivity index (χ1) is 10.4. The average Bonchev–Trinajstić information content (AvgIpc) is 2.79. The number of halogens is 2. The van der Waals surface area contributed by atoms with Crippen molar-refractivity contribution < 1.29 is 8.42 Å². The molecule has 0 radical (unpaired) electrons. The maximum Gasteiger partial charge on any atom is 0.239 e. The lowest BCUT2D eigenvalue weighted by Crippen LogP contribution is -2.36. The highest BCUT2D eigenvalue weighted by Gasteiger charge is 2.34. The van der Waals surface area contributed by atoms with Gasteiger partial charge in [-0.15, -0.1) is 0 Å². The highest BCUT2D eigenvalue weighted by Crippen LogP contribution is 2.35. The number of benzene rings is 2. The molecule has 0 aromatic heterocycles. The van der Waals surface area contributed by atoms with Crippen molar-refractivity contribution in [3.05, 3.63) is 63.6 Å². The van der Waals surface area contributed by atoms with E-state index in [0.717, 1.165) is 17.7 Å². The predicted octanol–water partition coefficient (Wildman–Crippen LogP) is 4.27. The summed E-state index contributed by atoms with van der Waals surface area (Å²) in [5.41, 5.74) is 2.47. The Bertz CT molecular complexity index is 821. The zero-order valence-corrected chi connectivity index (χ0v) is 14.3. The Kier molecular flexibility index (Phi) is 4.10. The van der Waals surface area contributed by atoms with Crippen LogP contribution < -0.4 is 4.31 Å². The van der Waals surface area contributed by atoms with E-state index in [0.29, 0.717) is 15.6 Å². The Hall–Kier alpha value is -1.23. The number of para-hydroxylation sites is 1. The molecule has 0 unspecified atom stereocenters. The Morgan fingerprint density at radius 2 is 1.86 bits per heavy atom. The first kappa shape index (κ1) is 15.7. The summed E-state index contributed by atoms with van der Waals surface area (Å²) < 4.78 is 27.2. The molecule has 116 valence electrons. The van der Waals surface area contributed by atoms with Crippen LogP contribution in [0.15, 0.2) is 42.5 Å².